The Balaban J connectivity index is 1.16. The van der Waals surface area contributed by atoms with Gasteiger partial charge in [-0.15, -0.1) is 4.91 Å². The van der Waals surface area contributed by atoms with Crippen LogP contribution in [-0.2, 0) is 11.2 Å². The third-order valence-corrected chi connectivity index (χ3v) is 8.92. The van der Waals surface area contributed by atoms with E-state index in [2.05, 4.69) is 36.1 Å². The Labute approximate surface area is 255 Å². The normalized spacial score (nSPS) is 17.1. The monoisotopic (exact) mass is 646 g/mol. The minimum atomic E-state index is -0.554. The lowest BCUT2D eigenvalue weighted by atomic mass is 9.73. The van der Waals surface area contributed by atoms with Crippen molar-refractivity contribution in [2.24, 2.45) is 10.7 Å². The minimum absolute atomic E-state index is 0.225. The number of aryl methyl sites for hydroxylation is 1. The molecule has 3 aliphatic heterocycles. The molecule has 2 saturated heterocycles. The molecule has 220 valence electrons. The van der Waals surface area contributed by atoms with E-state index in [1.54, 1.807) is 30.5 Å². The fraction of sp³-hybridized carbons (Fsp3) is 0.323. The molecule has 43 heavy (non-hydrogen) atoms. The van der Waals surface area contributed by atoms with Gasteiger partial charge in [0, 0.05) is 61.7 Å². The second kappa shape index (κ2) is 10.8. The summed E-state index contributed by atoms with van der Waals surface area (Å²) in [7, 11) is 0. The van der Waals surface area contributed by atoms with E-state index in [-0.39, 0.29) is 11.3 Å². The van der Waals surface area contributed by atoms with Crippen molar-refractivity contribution in [3.63, 3.8) is 0 Å². The van der Waals surface area contributed by atoms with E-state index in [0.29, 0.717) is 57.5 Å². The molecule has 3 aliphatic rings. The Morgan fingerprint density at radius 2 is 1.86 bits per heavy atom. The number of amides is 1. The zero-order valence-electron chi connectivity index (χ0n) is 23.4. The number of pyridine rings is 2. The van der Waals surface area contributed by atoms with Gasteiger partial charge in [0.25, 0.3) is 5.91 Å². The number of nitroso groups, excluding NO2 is 1. The van der Waals surface area contributed by atoms with Gasteiger partial charge < -0.3 is 19.0 Å². The van der Waals surface area contributed by atoms with E-state index in [1.807, 2.05) is 19.1 Å². The first-order valence-electron chi connectivity index (χ1n) is 14.1. The molecule has 0 radical (unpaired) electrons. The maximum absolute atomic E-state index is 14.3. The molecule has 0 bridgehead atoms. The van der Waals surface area contributed by atoms with Crippen LogP contribution in [0.4, 0.5) is 27.3 Å². The Bertz CT molecular complexity index is 1710. The van der Waals surface area contributed by atoms with Crippen molar-refractivity contribution in [3.05, 3.63) is 86.9 Å². The van der Waals surface area contributed by atoms with Crippen LogP contribution in [0.3, 0.4) is 0 Å². The number of hydrogen-bond acceptors (Lipinski definition) is 8. The number of rotatable bonds is 5. The molecule has 0 N–H and O–H groups in total. The number of hydrogen-bond donors (Lipinski definition) is 0. The average molecular weight is 648 g/mol. The number of halogens is 2. The predicted molar refractivity (Wildman–Crippen MR) is 163 cm³/mol. The number of aromatic nitrogens is 2. The maximum atomic E-state index is 14.3. The summed E-state index contributed by atoms with van der Waals surface area (Å²) in [6.45, 7) is 5.46. The van der Waals surface area contributed by atoms with Crippen molar-refractivity contribution in [1.82, 2.24) is 9.97 Å². The Kier molecular flexibility index (Phi) is 6.97. The standard InChI is InChI=1S/C31H28BrFN6O4/c1-19-12-25(29(35-15-19)37-17-31(18-37)7-10-42-11-8-31)39(36-41)23-4-2-20(3-5-23)30(40)38-9-6-21-13-26(32)43-28(21)27-24(38)14-22(33)16-34-27/h2-5,12-16H,6-11,17-18H2,1H3. The van der Waals surface area contributed by atoms with Crippen LogP contribution in [0.2, 0.25) is 0 Å². The largest absolute Gasteiger partial charge is 0.447 e. The number of nitrogens with zero attached hydrogens (tertiary/aromatic N) is 6. The molecule has 1 amide bonds. The first kappa shape index (κ1) is 27.7. The van der Waals surface area contributed by atoms with Gasteiger partial charge in [0.05, 0.1) is 22.9 Å². The highest BCUT2D eigenvalue weighted by atomic mass is 79.9. The lowest BCUT2D eigenvalue weighted by Gasteiger charge is -2.53. The summed E-state index contributed by atoms with van der Waals surface area (Å²) in [4.78, 5) is 38.7. The summed E-state index contributed by atoms with van der Waals surface area (Å²) < 4.78 is 26.2. The lowest BCUT2D eigenvalue weighted by molar-refractivity contribution is -0.000418. The summed E-state index contributed by atoms with van der Waals surface area (Å²) in [6, 6.07) is 11.7. The van der Waals surface area contributed by atoms with Gasteiger partial charge >= 0.3 is 0 Å². The molecule has 4 aromatic rings. The van der Waals surface area contributed by atoms with Crippen molar-refractivity contribution in [2.45, 2.75) is 26.2 Å². The Hall–Kier alpha value is -4.16. The van der Waals surface area contributed by atoms with Crippen molar-refractivity contribution in [2.75, 3.05) is 47.7 Å². The SMILES string of the molecule is Cc1cnc(N2CC3(CCOCC3)C2)c(N(N=O)c2ccc(C(=O)N3CCc4cc(Br)oc4-c4ncc(F)cc43)cc2)c1. The predicted octanol–water partition coefficient (Wildman–Crippen LogP) is 6.59. The lowest BCUT2D eigenvalue weighted by Crippen LogP contribution is -2.59. The summed E-state index contributed by atoms with van der Waals surface area (Å²) in [5, 5.41) is 4.67. The average Bonchev–Trinajstić information content (AvgIpc) is 3.30. The van der Waals surface area contributed by atoms with E-state index < -0.39 is 5.82 Å². The second-order valence-electron chi connectivity index (χ2n) is 11.4. The van der Waals surface area contributed by atoms with Crippen LogP contribution in [0.25, 0.3) is 11.5 Å². The van der Waals surface area contributed by atoms with Crippen LogP contribution in [0, 0.1) is 23.1 Å². The van der Waals surface area contributed by atoms with Crippen molar-refractivity contribution >= 4 is 44.7 Å². The van der Waals surface area contributed by atoms with E-state index in [4.69, 9.17) is 9.15 Å². The molecule has 10 nitrogen and oxygen atoms in total. The van der Waals surface area contributed by atoms with Crippen LogP contribution in [0.1, 0.15) is 34.3 Å². The van der Waals surface area contributed by atoms with Crippen LogP contribution in [0.15, 0.2) is 69.2 Å². The summed E-state index contributed by atoms with van der Waals surface area (Å²) in [6.07, 6.45) is 5.43. The third-order valence-electron chi connectivity index (χ3n) is 8.53. The van der Waals surface area contributed by atoms with Crippen LogP contribution in [-0.4, -0.2) is 48.7 Å². The molecule has 7 rings (SSSR count). The van der Waals surface area contributed by atoms with E-state index in [0.717, 1.165) is 56.5 Å². The van der Waals surface area contributed by atoms with Crippen molar-refractivity contribution in [1.29, 1.82) is 0 Å². The number of ether oxygens (including phenoxy) is 1. The van der Waals surface area contributed by atoms with Gasteiger partial charge in [-0.25, -0.2) is 14.4 Å². The van der Waals surface area contributed by atoms with Crippen LogP contribution < -0.4 is 14.8 Å². The zero-order chi connectivity index (χ0) is 29.7. The van der Waals surface area contributed by atoms with Gasteiger partial charge in [-0.1, -0.05) is 0 Å². The number of furan rings is 1. The first-order chi connectivity index (χ1) is 20.8. The molecule has 0 aliphatic carbocycles. The van der Waals surface area contributed by atoms with Crippen molar-refractivity contribution in [3.8, 4) is 11.5 Å². The fourth-order valence-corrected chi connectivity index (χ4v) is 6.70. The van der Waals surface area contributed by atoms with Gasteiger partial charge in [0.1, 0.15) is 17.2 Å². The number of fused-ring (bicyclic) bond motifs is 3. The Morgan fingerprint density at radius 3 is 2.60 bits per heavy atom. The molecule has 2 fully saturated rings. The quantitative estimate of drug-likeness (QED) is 0.177. The maximum Gasteiger partial charge on any atom is 0.258 e. The topological polar surface area (TPSA) is 104 Å². The summed E-state index contributed by atoms with van der Waals surface area (Å²) in [5.74, 6) is 0.325. The summed E-state index contributed by atoms with van der Waals surface area (Å²) >= 11 is 3.35. The second-order valence-corrected chi connectivity index (χ2v) is 12.2. The molecule has 0 saturated carbocycles. The van der Waals surface area contributed by atoms with Gasteiger partial charge in [0.2, 0.25) is 0 Å². The minimum Gasteiger partial charge on any atom is -0.447 e. The highest BCUT2D eigenvalue weighted by Crippen LogP contribution is 2.45. The summed E-state index contributed by atoms with van der Waals surface area (Å²) in [5.41, 5.74) is 4.17. The van der Waals surface area contributed by atoms with E-state index in [1.165, 1.54) is 16.0 Å². The highest BCUT2D eigenvalue weighted by molar-refractivity contribution is 9.10. The third kappa shape index (κ3) is 4.98. The molecular formula is C31H28BrFN6O4. The Morgan fingerprint density at radius 1 is 1.09 bits per heavy atom. The van der Waals surface area contributed by atoms with Crippen LogP contribution in [0.5, 0.6) is 0 Å². The van der Waals surface area contributed by atoms with Crippen molar-refractivity contribution < 1.29 is 18.3 Å². The molecule has 0 atom stereocenters. The molecule has 1 spiro atoms. The molecule has 6 heterocycles. The zero-order valence-corrected chi connectivity index (χ0v) is 25.0. The number of anilines is 4. The number of benzene rings is 1. The van der Waals surface area contributed by atoms with Crippen LogP contribution >= 0.6 is 15.9 Å². The molecule has 1 aromatic carbocycles. The van der Waals surface area contributed by atoms with Gasteiger partial charge in [-0.2, -0.15) is 5.01 Å². The molecule has 3 aromatic heterocycles. The molecule has 0 unspecified atom stereocenters. The van der Waals surface area contributed by atoms with Gasteiger partial charge in [0.15, 0.2) is 16.2 Å². The van der Waals surface area contributed by atoms with E-state index in [9.17, 15) is 14.1 Å². The number of carbonyl (C=O) groups excluding carboxylic acids is 1. The highest BCUT2D eigenvalue weighted by Gasteiger charge is 2.45. The van der Waals surface area contributed by atoms with Gasteiger partial charge in [-0.05, 0) is 84.1 Å². The van der Waals surface area contributed by atoms with Gasteiger partial charge in [-0.3, -0.25) is 4.79 Å². The molecular weight excluding hydrogens is 619 g/mol. The van der Waals surface area contributed by atoms with E-state index >= 15 is 0 Å². The smallest absolute Gasteiger partial charge is 0.258 e. The first-order valence-corrected chi connectivity index (χ1v) is 14.9. The molecule has 12 heteroatoms. The number of carbonyl (C=O) groups is 1. The fourth-order valence-electron chi connectivity index (χ4n) is 6.27.